The predicted octanol–water partition coefficient (Wildman–Crippen LogP) is 3.86. The molecule has 0 bridgehead atoms. The van der Waals surface area contributed by atoms with Crippen molar-refractivity contribution < 1.29 is 18.4 Å². The van der Waals surface area contributed by atoms with Gasteiger partial charge in [0.25, 0.3) is 0 Å². The van der Waals surface area contributed by atoms with Gasteiger partial charge in [-0.05, 0) is 42.7 Å². The van der Waals surface area contributed by atoms with Crippen molar-refractivity contribution >= 4 is 34.5 Å². The number of anilines is 2. The summed E-state index contributed by atoms with van der Waals surface area (Å²) in [5.41, 5.74) is 2.78. The van der Waals surface area contributed by atoms with E-state index in [1.165, 1.54) is 25.4 Å². The predicted molar refractivity (Wildman–Crippen MR) is 154 cm³/mol. The van der Waals surface area contributed by atoms with Crippen molar-refractivity contribution in [2.24, 2.45) is 0 Å². The zero-order chi connectivity index (χ0) is 28.5. The van der Waals surface area contributed by atoms with Crippen LogP contribution in [0.15, 0.2) is 53.3 Å². The standard InChI is InChI=1S/C30H32FN7O3/c1-19(39)35-24-9-11-38(12-10-24)29-27-26(21-3-6-23(31)7-4-21)28(41-30(27)34-18-33-29)22-5-8-25(32-17-22)37-15-13-36(14-16-37)20(2)40/h3-8,17-18,24H,9-16H2,1-2H3,(H,35,39). The van der Waals surface area contributed by atoms with Crippen molar-refractivity contribution in [3.8, 4) is 22.5 Å². The fraction of sp³-hybridized carbons (Fsp3) is 0.367. The van der Waals surface area contributed by atoms with Gasteiger partial charge in [0.05, 0.1) is 5.39 Å². The van der Waals surface area contributed by atoms with Crippen molar-refractivity contribution in [2.75, 3.05) is 49.1 Å². The van der Waals surface area contributed by atoms with Crippen LogP contribution in [0, 0.1) is 5.82 Å². The highest BCUT2D eigenvalue weighted by Gasteiger charge is 2.28. The van der Waals surface area contributed by atoms with E-state index < -0.39 is 0 Å². The van der Waals surface area contributed by atoms with Gasteiger partial charge in [-0.25, -0.2) is 19.3 Å². The molecule has 11 heteroatoms. The molecule has 2 aliphatic rings. The first-order valence-corrected chi connectivity index (χ1v) is 13.9. The monoisotopic (exact) mass is 557 g/mol. The topological polar surface area (TPSA) is 108 Å². The van der Waals surface area contributed by atoms with E-state index in [1.807, 2.05) is 17.0 Å². The molecule has 1 aromatic carbocycles. The number of pyridine rings is 1. The molecule has 0 spiro atoms. The van der Waals surface area contributed by atoms with Gasteiger partial charge in [0.1, 0.15) is 29.5 Å². The SMILES string of the molecule is CC(=O)NC1CCN(c2ncnc3oc(-c4ccc(N5CCN(C(C)=O)CC5)nc4)c(-c4ccc(F)cc4)c23)CC1. The molecule has 2 saturated heterocycles. The summed E-state index contributed by atoms with van der Waals surface area (Å²) in [7, 11) is 0. The number of hydrogen-bond donors (Lipinski definition) is 1. The number of rotatable bonds is 5. The molecule has 6 rings (SSSR count). The van der Waals surface area contributed by atoms with E-state index in [-0.39, 0.29) is 23.7 Å². The van der Waals surface area contributed by atoms with E-state index in [4.69, 9.17) is 9.40 Å². The number of carbonyl (C=O) groups is 2. The number of nitrogens with zero attached hydrogens (tertiary/aromatic N) is 6. The number of piperazine rings is 1. The number of piperidine rings is 1. The molecule has 0 unspecified atom stereocenters. The second-order valence-corrected chi connectivity index (χ2v) is 10.6. The third kappa shape index (κ3) is 5.44. The van der Waals surface area contributed by atoms with Gasteiger partial charge >= 0.3 is 0 Å². The van der Waals surface area contributed by atoms with Crippen LogP contribution < -0.4 is 15.1 Å². The second kappa shape index (κ2) is 11.1. The van der Waals surface area contributed by atoms with Crippen LogP contribution in [0.1, 0.15) is 26.7 Å². The van der Waals surface area contributed by atoms with Crippen LogP contribution in [-0.2, 0) is 9.59 Å². The first-order valence-electron chi connectivity index (χ1n) is 13.9. The molecule has 1 N–H and O–H groups in total. The normalized spacial score (nSPS) is 16.3. The summed E-state index contributed by atoms with van der Waals surface area (Å²) in [6, 6.07) is 10.4. The van der Waals surface area contributed by atoms with E-state index in [2.05, 4.69) is 25.1 Å². The largest absolute Gasteiger partial charge is 0.437 e. The highest BCUT2D eigenvalue weighted by atomic mass is 19.1. The molecule has 212 valence electrons. The lowest BCUT2D eigenvalue weighted by molar-refractivity contribution is -0.129. The van der Waals surface area contributed by atoms with Gasteiger partial charge in [0, 0.05) is 76.5 Å². The van der Waals surface area contributed by atoms with Crippen LogP contribution in [-0.4, -0.2) is 77.0 Å². The zero-order valence-electron chi connectivity index (χ0n) is 23.1. The van der Waals surface area contributed by atoms with Gasteiger partial charge in [-0.15, -0.1) is 0 Å². The Morgan fingerprint density at radius 3 is 2.22 bits per heavy atom. The molecule has 0 aliphatic carbocycles. The van der Waals surface area contributed by atoms with Crippen LogP contribution in [0.3, 0.4) is 0 Å². The molecular formula is C30H32FN7O3. The van der Waals surface area contributed by atoms with Crippen molar-refractivity contribution in [3.63, 3.8) is 0 Å². The van der Waals surface area contributed by atoms with Crippen molar-refractivity contribution in [1.82, 2.24) is 25.2 Å². The van der Waals surface area contributed by atoms with Crippen LogP contribution in [0.25, 0.3) is 33.6 Å². The smallest absolute Gasteiger partial charge is 0.232 e. The fourth-order valence-corrected chi connectivity index (χ4v) is 5.73. The van der Waals surface area contributed by atoms with Gasteiger partial charge < -0.3 is 24.4 Å². The maximum atomic E-state index is 13.9. The minimum absolute atomic E-state index is 0.0242. The number of benzene rings is 1. The number of hydrogen-bond acceptors (Lipinski definition) is 8. The third-order valence-electron chi connectivity index (χ3n) is 7.86. The van der Waals surface area contributed by atoms with Crippen molar-refractivity contribution in [3.05, 3.63) is 54.7 Å². The Kier molecular flexibility index (Phi) is 7.25. The fourth-order valence-electron chi connectivity index (χ4n) is 5.73. The Balaban J connectivity index is 1.36. The molecular weight excluding hydrogens is 525 g/mol. The first-order chi connectivity index (χ1) is 19.9. The van der Waals surface area contributed by atoms with E-state index in [9.17, 15) is 14.0 Å². The zero-order valence-corrected chi connectivity index (χ0v) is 23.1. The van der Waals surface area contributed by atoms with Gasteiger partial charge in [0.2, 0.25) is 17.5 Å². The quantitative estimate of drug-likeness (QED) is 0.394. The summed E-state index contributed by atoms with van der Waals surface area (Å²) in [4.78, 5) is 43.3. The number of amides is 2. The number of halogens is 1. The first kappa shape index (κ1) is 26.7. The van der Waals surface area contributed by atoms with Crippen molar-refractivity contribution in [1.29, 1.82) is 0 Å². The lowest BCUT2D eigenvalue weighted by atomic mass is 9.99. The van der Waals surface area contributed by atoms with Crippen LogP contribution in [0.2, 0.25) is 0 Å². The summed E-state index contributed by atoms with van der Waals surface area (Å²) in [5, 5.41) is 3.77. The highest BCUT2D eigenvalue weighted by molar-refractivity contribution is 6.06. The van der Waals surface area contributed by atoms with Gasteiger partial charge in [-0.1, -0.05) is 12.1 Å². The van der Waals surface area contributed by atoms with Gasteiger partial charge in [-0.2, -0.15) is 0 Å². The Morgan fingerprint density at radius 2 is 1.59 bits per heavy atom. The summed E-state index contributed by atoms with van der Waals surface area (Å²) in [6.45, 7) is 7.34. The molecule has 0 atom stereocenters. The van der Waals surface area contributed by atoms with E-state index >= 15 is 0 Å². The minimum atomic E-state index is -0.324. The molecule has 5 heterocycles. The van der Waals surface area contributed by atoms with Crippen LogP contribution in [0.5, 0.6) is 0 Å². The Hall–Kier alpha value is -4.54. The average Bonchev–Trinajstić information content (AvgIpc) is 3.38. The molecule has 2 fully saturated rings. The Labute approximate surface area is 237 Å². The summed E-state index contributed by atoms with van der Waals surface area (Å²) >= 11 is 0. The number of furan rings is 1. The molecule has 2 amide bonds. The summed E-state index contributed by atoms with van der Waals surface area (Å²) in [5.74, 6) is 1.91. The number of aromatic nitrogens is 3. The van der Waals surface area contributed by atoms with Crippen molar-refractivity contribution in [2.45, 2.75) is 32.7 Å². The maximum absolute atomic E-state index is 13.9. The third-order valence-corrected chi connectivity index (χ3v) is 7.86. The Bertz CT molecular complexity index is 1560. The molecule has 10 nitrogen and oxygen atoms in total. The minimum Gasteiger partial charge on any atom is -0.437 e. The van der Waals surface area contributed by atoms with Gasteiger partial charge in [-0.3, -0.25) is 9.59 Å². The lowest BCUT2D eigenvalue weighted by Crippen LogP contribution is -2.48. The molecule has 0 saturated carbocycles. The molecule has 4 aromatic rings. The van der Waals surface area contributed by atoms with Gasteiger partial charge in [0.15, 0.2) is 0 Å². The summed E-state index contributed by atoms with van der Waals surface area (Å²) < 4.78 is 20.3. The van der Waals surface area contributed by atoms with Crippen LogP contribution in [0.4, 0.5) is 16.0 Å². The lowest BCUT2D eigenvalue weighted by Gasteiger charge is -2.34. The second-order valence-electron chi connectivity index (χ2n) is 10.6. The maximum Gasteiger partial charge on any atom is 0.232 e. The molecule has 2 aliphatic heterocycles. The number of fused-ring (bicyclic) bond motifs is 1. The van der Waals surface area contributed by atoms with Crippen LogP contribution >= 0.6 is 0 Å². The van der Waals surface area contributed by atoms with E-state index in [0.717, 1.165) is 59.6 Å². The van der Waals surface area contributed by atoms with E-state index in [1.54, 1.807) is 25.3 Å². The molecule has 41 heavy (non-hydrogen) atoms. The average molecular weight is 558 g/mol. The molecule has 3 aromatic heterocycles. The number of carbonyl (C=O) groups excluding carboxylic acids is 2. The Morgan fingerprint density at radius 1 is 0.878 bits per heavy atom. The van der Waals surface area contributed by atoms with E-state index in [0.29, 0.717) is 37.7 Å². The number of nitrogens with one attached hydrogen (secondary N) is 1. The highest BCUT2D eigenvalue weighted by Crippen LogP contribution is 2.43. The molecule has 0 radical (unpaired) electrons. The summed E-state index contributed by atoms with van der Waals surface area (Å²) in [6.07, 6.45) is 4.88.